The fourth-order valence-corrected chi connectivity index (χ4v) is 3.55. The number of para-hydroxylation sites is 1. The maximum atomic E-state index is 12.6. The van der Waals surface area contributed by atoms with Crippen molar-refractivity contribution in [3.05, 3.63) is 53.9 Å². The van der Waals surface area contributed by atoms with Crippen LogP contribution >= 0.6 is 0 Å². The second-order valence-electron chi connectivity index (χ2n) is 7.33. The summed E-state index contributed by atoms with van der Waals surface area (Å²) in [6, 6.07) is 10.3. The van der Waals surface area contributed by atoms with Gasteiger partial charge in [0, 0.05) is 36.2 Å². The number of pyridine rings is 1. The fraction of sp³-hybridized carbons (Fsp3) is 0.300. The highest BCUT2D eigenvalue weighted by molar-refractivity contribution is 5.95. The first kappa shape index (κ1) is 20.6. The second-order valence-corrected chi connectivity index (χ2v) is 7.33. The molecule has 0 bridgehead atoms. The summed E-state index contributed by atoms with van der Waals surface area (Å²) >= 11 is 0. The number of hydrogen-bond acceptors (Lipinski definition) is 5. The molecule has 1 aromatic carbocycles. The lowest BCUT2D eigenvalue weighted by Crippen LogP contribution is -2.48. The highest BCUT2D eigenvalue weighted by Crippen LogP contribution is 2.32. The first-order chi connectivity index (χ1) is 14.7. The van der Waals surface area contributed by atoms with E-state index in [1.54, 1.807) is 23.1 Å². The van der Waals surface area contributed by atoms with Crippen LogP contribution in [-0.4, -0.2) is 57.3 Å². The van der Waals surface area contributed by atoms with Gasteiger partial charge in [0.25, 0.3) is 5.91 Å². The van der Waals surface area contributed by atoms with E-state index in [0.717, 1.165) is 5.39 Å². The number of carbonyl (C=O) groups is 2. The number of anilines is 1. The Kier molecular flexibility index (Phi) is 5.25. The molecule has 3 N–H and O–H groups in total. The van der Waals surface area contributed by atoms with Crippen LogP contribution < -0.4 is 11.1 Å². The number of nitrogens with one attached hydrogen (secondary N) is 1. The predicted octanol–water partition coefficient (Wildman–Crippen LogP) is 1.93. The third kappa shape index (κ3) is 4.44. The van der Waals surface area contributed by atoms with Crippen LogP contribution in [0.5, 0.6) is 0 Å². The van der Waals surface area contributed by atoms with Gasteiger partial charge in [-0.2, -0.15) is 18.3 Å². The number of aromatic nitrogens is 3. The Balaban J connectivity index is 1.48. The van der Waals surface area contributed by atoms with Crippen molar-refractivity contribution in [1.82, 2.24) is 25.0 Å². The van der Waals surface area contributed by atoms with Gasteiger partial charge in [-0.1, -0.05) is 18.2 Å². The molecule has 3 heterocycles. The van der Waals surface area contributed by atoms with Crippen LogP contribution in [0.15, 0.2) is 42.6 Å². The standard InChI is InChI=1S/C20H19F3N6O2/c21-20(22,23)11-26-17(30)10-29-15-4-2-1-3-14(15)18(27-29)13-8-28(9-13)19(31)12-5-6-25-16(24)7-12/h1-7,13H,8-11H2,(H2,24,25)(H,26,30). The third-order valence-corrected chi connectivity index (χ3v) is 5.05. The molecule has 1 saturated heterocycles. The molecule has 0 aliphatic carbocycles. The van der Waals surface area contributed by atoms with Gasteiger partial charge in [0.2, 0.25) is 5.91 Å². The van der Waals surface area contributed by atoms with Crippen molar-refractivity contribution >= 4 is 28.5 Å². The molecule has 0 radical (unpaired) electrons. The van der Waals surface area contributed by atoms with E-state index in [2.05, 4.69) is 10.1 Å². The smallest absolute Gasteiger partial charge is 0.384 e. The molecule has 11 heteroatoms. The van der Waals surface area contributed by atoms with E-state index >= 15 is 0 Å². The summed E-state index contributed by atoms with van der Waals surface area (Å²) in [5.74, 6) is -0.734. The van der Waals surface area contributed by atoms with Gasteiger partial charge < -0.3 is 16.0 Å². The molecule has 0 spiro atoms. The number of halogens is 3. The molecular formula is C20H19F3N6O2. The summed E-state index contributed by atoms with van der Waals surface area (Å²) in [6.07, 6.45) is -3.01. The topological polar surface area (TPSA) is 106 Å². The van der Waals surface area contributed by atoms with E-state index in [-0.39, 0.29) is 24.2 Å². The van der Waals surface area contributed by atoms with Crippen LogP contribution in [0.1, 0.15) is 22.0 Å². The van der Waals surface area contributed by atoms with Crippen LogP contribution in [0.4, 0.5) is 19.0 Å². The zero-order valence-corrected chi connectivity index (χ0v) is 16.3. The lowest BCUT2D eigenvalue weighted by atomic mass is 9.93. The van der Waals surface area contributed by atoms with Crippen LogP contribution in [0.2, 0.25) is 0 Å². The van der Waals surface area contributed by atoms with Crippen molar-refractivity contribution in [2.75, 3.05) is 25.4 Å². The minimum Gasteiger partial charge on any atom is -0.384 e. The van der Waals surface area contributed by atoms with Gasteiger partial charge in [-0.05, 0) is 18.2 Å². The Morgan fingerprint density at radius 1 is 1.19 bits per heavy atom. The molecule has 8 nitrogen and oxygen atoms in total. The summed E-state index contributed by atoms with van der Waals surface area (Å²) in [4.78, 5) is 30.1. The SMILES string of the molecule is Nc1cc(C(=O)N2CC(c3nn(CC(=O)NCC(F)(F)F)c4ccccc34)C2)ccn1. The van der Waals surface area contributed by atoms with Crippen LogP contribution in [-0.2, 0) is 11.3 Å². The van der Waals surface area contributed by atoms with E-state index in [9.17, 15) is 22.8 Å². The largest absolute Gasteiger partial charge is 0.405 e. The summed E-state index contributed by atoms with van der Waals surface area (Å²) in [5.41, 5.74) is 7.43. The zero-order valence-electron chi connectivity index (χ0n) is 16.3. The van der Waals surface area contributed by atoms with E-state index in [1.807, 2.05) is 17.4 Å². The normalized spacial score (nSPS) is 14.5. The number of nitrogen functional groups attached to an aromatic ring is 1. The first-order valence-corrected chi connectivity index (χ1v) is 9.51. The number of nitrogens with zero attached hydrogens (tertiary/aromatic N) is 4. The third-order valence-electron chi connectivity index (χ3n) is 5.05. The maximum Gasteiger partial charge on any atom is 0.405 e. The van der Waals surface area contributed by atoms with Crippen molar-refractivity contribution in [2.24, 2.45) is 0 Å². The summed E-state index contributed by atoms with van der Waals surface area (Å²) in [6.45, 7) is -0.857. The van der Waals surface area contributed by atoms with Crippen LogP contribution in [0.3, 0.4) is 0 Å². The molecule has 2 amide bonds. The molecule has 0 saturated carbocycles. The van der Waals surface area contributed by atoms with Gasteiger partial charge in [-0.3, -0.25) is 14.3 Å². The molecular weight excluding hydrogens is 413 g/mol. The van der Waals surface area contributed by atoms with Gasteiger partial charge >= 0.3 is 6.18 Å². The summed E-state index contributed by atoms with van der Waals surface area (Å²) < 4.78 is 38.4. The Labute approximate surface area is 174 Å². The minimum absolute atomic E-state index is 0.0486. The lowest BCUT2D eigenvalue weighted by Gasteiger charge is -2.38. The molecule has 0 unspecified atom stereocenters. The number of amides is 2. The first-order valence-electron chi connectivity index (χ1n) is 9.51. The Morgan fingerprint density at radius 2 is 1.94 bits per heavy atom. The van der Waals surface area contributed by atoms with Crippen molar-refractivity contribution < 1.29 is 22.8 Å². The second kappa shape index (κ2) is 7.89. The molecule has 3 aromatic rings. The number of likely N-dealkylation sites (tertiary alicyclic amines) is 1. The maximum absolute atomic E-state index is 12.6. The van der Waals surface area contributed by atoms with Crippen LogP contribution in [0, 0.1) is 0 Å². The lowest BCUT2D eigenvalue weighted by molar-refractivity contribution is -0.138. The average Bonchev–Trinajstić information content (AvgIpc) is 3.03. The minimum atomic E-state index is -4.48. The number of nitrogens with two attached hydrogens (primary N) is 1. The van der Waals surface area contributed by atoms with Gasteiger partial charge in [0.1, 0.15) is 18.9 Å². The number of benzene rings is 1. The Morgan fingerprint density at radius 3 is 2.65 bits per heavy atom. The molecule has 1 fully saturated rings. The number of hydrogen-bond donors (Lipinski definition) is 2. The molecule has 2 aromatic heterocycles. The van der Waals surface area contributed by atoms with E-state index in [0.29, 0.717) is 29.9 Å². The molecule has 4 rings (SSSR count). The zero-order chi connectivity index (χ0) is 22.2. The van der Waals surface area contributed by atoms with Gasteiger partial charge in [-0.15, -0.1) is 0 Å². The van der Waals surface area contributed by atoms with E-state index in [1.165, 1.54) is 16.9 Å². The number of rotatable bonds is 5. The van der Waals surface area contributed by atoms with E-state index < -0.39 is 18.6 Å². The number of carbonyl (C=O) groups excluding carboxylic acids is 2. The molecule has 0 atom stereocenters. The average molecular weight is 432 g/mol. The quantitative estimate of drug-likeness (QED) is 0.641. The van der Waals surface area contributed by atoms with Gasteiger partial charge in [-0.25, -0.2) is 4.98 Å². The number of fused-ring (bicyclic) bond motifs is 1. The Hall–Kier alpha value is -3.63. The van der Waals surface area contributed by atoms with Gasteiger partial charge in [0.05, 0.1) is 11.2 Å². The van der Waals surface area contributed by atoms with Crippen molar-refractivity contribution in [3.63, 3.8) is 0 Å². The predicted molar refractivity (Wildman–Crippen MR) is 106 cm³/mol. The summed E-state index contributed by atoms with van der Waals surface area (Å²) in [7, 11) is 0. The highest BCUT2D eigenvalue weighted by Gasteiger charge is 2.35. The van der Waals surface area contributed by atoms with Gasteiger partial charge in [0.15, 0.2) is 0 Å². The monoisotopic (exact) mass is 432 g/mol. The van der Waals surface area contributed by atoms with E-state index in [4.69, 9.17) is 5.73 Å². The van der Waals surface area contributed by atoms with Crippen molar-refractivity contribution in [2.45, 2.75) is 18.6 Å². The van der Waals surface area contributed by atoms with Crippen molar-refractivity contribution in [1.29, 1.82) is 0 Å². The van der Waals surface area contributed by atoms with Crippen LogP contribution in [0.25, 0.3) is 10.9 Å². The summed E-state index contributed by atoms with van der Waals surface area (Å²) in [5, 5.41) is 7.14. The Bertz CT molecular complexity index is 1140. The van der Waals surface area contributed by atoms with Crippen molar-refractivity contribution in [3.8, 4) is 0 Å². The molecule has 162 valence electrons. The fourth-order valence-electron chi connectivity index (χ4n) is 3.55. The molecule has 1 aliphatic heterocycles. The molecule has 1 aliphatic rings. The number of alkyl halides is 3. The highest BCUT2D eigenvalue weighted by atomic mass is 19.4. The molecule has 31 heavy (non-hydrogen) atoms.